The highest BCUT2D eigenvalue weighted by molar-refractivity contribution is 6.30. The quantitative estimate of drug-likeness (QED) is 0.479. The van der Waals surface area contributed by atoms with Crippen LogP contribution in [0, 0.1) is 10.1 Å². The van der Waals surface area contributed by atoms with E-state index in [0.717, 1.165) is 11.6 Å². The monoisotopic (exact) mass is 362 g/mol. The van der Waals surface area contributed by atoms with E-state index in [4.69, 9.17) is 16.3 Å². The third kappa shape index (κ3) is 4.92. The Morgan fingerprint density at radius 3 is 2.64 bits per heavy atom. The number of carbonyl (C=O) groups is 1. The van der Waals surface area contributed by atoms with Crippen LogP contribution >= 0.6 is 11.6 Å². The number of amides is 1. The minimum atomic E-state index is -0.823. The number of nitro groups is 1. The van der Waals surface area contributed by atoms with Gasteiger partial charge in [0.05, 0.1) is 24.7 Å². The topological polar surface area (TPSA) is 117 Å². The van der Waals surface area contributed by atoms with Crippen molar-refractivity contribution < 1.29 is 19.6 Å². The highest BCUT2D eigenvalue weighted by Gasteiger charge is 2.12. The lowest BCUT2D eigenvalue weighted by atomic mass is 10.1. The number of hydrazone groups is 1. The summed E-state index contributed by atoms with van der Waals surface area (Å²) < 4.78 is 4.82. The molecule has 0 aromatic heterocycles. The smallest absolute Gasteiger partial charge is 0.266 e. The summed E-state index contributed by atoms with van der Waals surface area (Å²) in [5.41, 5.74) is 2.67. The highest BCUT2D eigenvalue weighted by Crippen LogP contribution is 2.33. The fourth-order valence-corrected chi connectivity index (χ4v) is 2.10. The zero-order valence-corrected chi connectivity index (χ0v) is 13.8. The van der Waals surface area contributed by atoms with Crippen molar-refractivity contribution in [2.24, 2.45) is 5.10 Å². The van der Waals surface area contributed by atoms with E-state index in [1.807, 2.05) is 0 Å². The molecule has 0 saturated heterocycles. The molecule has 0 spiro atoms. The van der Waals surface area contributed by atoms with Crippen LogP contribution in [0.4, 0.5) is 5.69 Å². The van der Waals surface area contributed by atoms with Gasteiger partial charge in [0.25, 0.3) is 5.69 Å². The van der Waals surface area contributed by atoms with E-state index in [1.165, 1.54) is 19.4 Å². The third-order valence-corrected chi connectivity index (χ3v) is 3.41. The molecule has 0 radical (unpaired) electrons. The molecule has 1 N–H and O–H groups in total. The first-order valence-electron chi connectivity index (χ1n) is 7.00. The van der Waals surface area contributed by atoms with E-state index in [-0.39, 0.29) is 23.6 Å². The zero-order chi connectivity index (χ0) is 18.4. The fraction of sp³-hybridized carbons (Fsp3) is 0.125. The molecular weight excluding hydrogens is 350 g/mol. The van der Waals surface area contributed by atoms with Gasteiger partial charge in [-0.1, -0.05) is 23.7 Å². The van der Waals surface area contributed by atoms with Crippen molar-refractivity contribution >= 4 is 29.4 Å². The van der Waals surface area contributed by atoms with Crippen LogP contribution in [-0.2, 0) is 11.2 Å². The minimum Gasteiger partial charge on any atom is -0.865 e. The summed E-state index contributed by atoms with van der Waals surface area (Å²) in [7, 11) is 1.23. The van der Waals surface area contributed by atoms with E-state index in [9.17, 15) is 20.0 Å². The normalized spacial score (nSPS) is 10.6. The lowest BCUT2D eigenvalue weighted by molar-refractivity contribution is -0.398. The first kappa shape index (κ1) is 18.2. The molecule has 130 valence electrons. The van der Waals surface area contributed by atoms with Crippen molar-refractivity contribution in [1.82, 2.24) is 5.43 Å². The third-order valence-electron chi connectivity index (χ3n) is 3.15. The van der Waals surface area contributed by atoms with Gasteiger partial charge >= 0.3 is 0 Å². The minimum absolute atomic E-state index is 0.0947. The number of halogens is 1. The molecule has 1 amide bonds. The largest absolute Gasteiger partial charge is 0.865 e. The Morgan fingerprint density at radius 1 is 1.36 bits per heavy atom. The Balaban J connectivity index is 2.06. The van der Waals surface area contributed by atoms with Gasteiger partial charge < -0.3 is 9.84 Å². The second kappa shape index (κ2) is 8.11. The Bertz CT molecular complexity index is 821. The van der Waals surface area contributed by atoms with Gasteiger partial charge in [0.1, 0.15) is 5.75 Å². The second-order valence-electron chi connectivity index (χ2n) is 4.92. The number of nitrogens with zero attached hydrogens (tertiary/aromatic N) is 2. The highest BCUT2D eigenvalue weighted by atomic mass is 35.5. The van der Waals surface area contributed by atoms with Crippen LogP contribution in [0.3, 0.4) is 0 Å². The van der Waals surface area contributed by atoms with Crippen molar-refractivity contribution in [3.05, 3.63) is 62.7 Å². The number of methoxy groups -OCH3 is 1. The van der Waals surface area contributed by atoms with Crippen LogP contribution in [0.1, 0.15) is 11.1 Å². The molecule has 25 heavy (non-hydrogen) atoms. The van der Waals surface area contributed by atoms with Gasteiger partial charge in [-0.3, -0.25) is 14.9 Å². The summed E-state index contributed by atoms with van der Waals surface area (Å²) >= 11 is 5.77. The molecule has 0 bridgehead atoms. The van der Waals surface area contributed by atoms with Crippen molar-refractivity contribution in [1.29, 1.82) is 0 Å². The number of ether oxygens (including phenoxy) is 1. The van der Waals surface area contributed by atoms with Crippen LogP contribution in [0.5, 0.6) is 11.5 Å². The van der Waals surface area contributed by atoms with Crippen LogP contribution in [-0.4, -0.2) is 24.2 Å². The van der Waals surface area contributed by atoms with E-state index in [0.29, 0.717) is 5.02 Å². The Morgan fingerprint density at radius 2 is 2.04 bits per heavy atom. The number of nitro benzene ring substituents is 1. The van der Waals surface area contributed by atoms with Gasteiger partial charge in [0.2, 0.25) is 5.91 Å². The lowest BCUT2D eigenvalue weighted by Gasteiger charge is -2.12. The number of nitrogens with one attached hydrogen (secondary N) is 1. The van der Waals surface area contributed by atoms with E-state index in [2.05, 4.69) is 10.5 Å². The first-order chi connectivity index (χ1) is 11.9. The van der Waals surface area contributed by atoms with Crippen molar-refractivity contribution in [2.45, 2.75) is 6.42 Å². The van der Waals surface area contributed by atoms with E-state index >= 15 is 0 Å². The average molecular weight is 363 g/mol. The molecule has 0 aliphatic heterocycles. The molecule has 0 heterocycles. The Labute approximate surface area is 147 Å². The predicted octanol–water partition coefficient (Wildman–Crippen LogP) is 2.02. The molecule has 0 aliphatic carbocycles. The summed E-state index contributed by atoms with van der Waals surface area (Å²) in [5.74, 6) is -1.37. The predicted molar refractivity (Wildman–Crippen MR) is 90.0 cm³/mol. The molecule has 2 aromatic carbocycles. The summed E-state index contributed by atoms with van der Waals surface area (Å²) in [6.07, 6.45) is 1.28. The maximum atomic E-state index is 11.8. The van der Waals surface area contributed by atoms with Crippen LogP contribution in [0.2, 0.25) is 5.02 Å². The molecular formula is C16H13ClN3O5-. The molecule has 0 atom stereocenters. The fourth-order valence-electron chi connectivity index (χ4n) is 1.98. The van der Waals surface area contributed by atoms with Gasteiger partial charge in [-0.25, -0.2) is 5.43 Å². The van der Waals surface area contributed by atoms with Gasteiger partial charge in [-0.15, -0.1) is 0 Å². The SMILES string of the molecule is COc1cc(/C=N\NC(=O)Cc2ccc(Cl)cc2)cc([N+](=O)[O-])c1[O-]. The van der Waals surface area contributed by atoms with Crippen molar-refractivity contribution in [3.8, 4) is 11.5 Å². The average Bonchev–Trinajstić information content (AvgIpc) is 2.58. The number of rotatable bonds is 6. The first-order valence-corrected chi connectivity index (χ1v) is 7.38. The van der Waals surface area contributed by atoms with Gasteiger partial charge in [0, 0.05) is 22.4 Å². The lowest BCUT2D eigenvalue weighted by Crippen LogP contribution is -2.19. The molecule has 8 nitrogen and oxygen atoms in total. The van der Waals surface area contributed by atoms with Crippen LogP contribution < -0.4 is 15.3 Å². The molecule has 0 unspecified atom stereocenters. The van der Waals surface area contributed by atoms with E-state index in [1.54, 1.807) is 24.3 Å². The number of benzene rings is 2. The van der Waals surface area contributed by atoms with Gasteiger partial charge in [-0.2, -0.15) is 5.10 Å². The summed E-state index contributed by atoms with van der Waals surface area (Å²) in [6.45, 7) is 0. The number of carbonyl (C=O) groups excluding carboxylic acids is 1. The number of hydrogen-bond donors (Lipinski definition) is 1. The van der Waals surface area contributed by atoms with Gasteiger partial charge in [-0.05, 0) is 23.8 Å². The second-order valence-corrected chi connectivity index (χ2v) is 5.36. The summed E-state index contributed by atoms with van der Waals surface area (Å²) in [5, 5.41) is 26.9. The Kier molecular flexibility index (Phi) is 5.91. The van der Waals surface area contributed by atoms with Crippen molar-refractivity contribution in [2.75, 3.05) is 7.11 Å². The molecule has 0 aliphatic rings. The maximum Gasteiger partial charge on any atom is 0.266 e. The molecule has 9 heteroatoms. The van der Waals surface area contributed by atoms with Crippen LogP contribution in [0.15, 0.2) is 41.5 Å². The molecule has 0 fully saturated rings. The molecule has 2 rings (SSSR count). The Hall–Kier alpha value is -3.13. The summed E-state index contributed by atoms with van der Waals surface area (Å²) in [4.78, 5) is 21.9. The van der Waals surface area contributed by atoms with Gasteiger partial charge in [0.15, 0.2) is 0 Å². The van der Waals surface area contributed by atoms with E-state index < -0.39 is 16.4 Å². The number of hydrogen-bond acceptors (Lipinski definition) is 6. The maximum absolute atomic E-state index is 11.8. The molecule has 0 saturated carbocycles. The zero-order valence-electron chi connectivity index (χ0n) is 13.1. The standard InChI is InChI=1S/C16H14ClN3O5/c1-25-14-7-11(6-13(16(14)22)20(23)24)9-18-19-15(21)8-10-2-4-12(17)5-3-10/h2-7,9,22H,8H2,1H3,(H,19,21)/p-1/b18-9-. The molecule has 2 aromatic rings. The summed E-state index contributed by atoms with van der Waals surface area (Å²) in [6, 6.07) is 9.12. The van der Waals surface area contributed by atoms with Crippen LogP contribution in [0.25, 0.3) is 0 Å². The van der Waals surface area contributed by atoms with Crippen molar-refractivity contribution in [3.63, 3.8) is 0 Å².